The van der Waals surface area contributed by atoms with Crippen LogP contribution in [0, 0.1) is 12.7 Å². The van der Waals surface area contributed by atoms with Crippen LogP contribution < -0.4 is 15.8 Å². The standard InChI is InChI=1S/C25H29FN6O3/c1-3-19-24(33)30-21-11-16(10-18(26)23(21)29-19)12-31-6-8-32(9-7-31)22-5-4-20(27-15(22)2)25(34)28-17-13-35-14-17/h4-5,10-11,17H,3,6-9,12-14H2,1-2H3,(H,28,34)(H,30,33). The van der Waals surface area contributed by atoms with Gasteiger partial charge in [0.15, 0.2) is 5.82 Å². The molecule has 3 aromatic rings. The third-order valence-corrected chi connectivity index (χ3v) is 6.60. The molecule has 2 saturated heterocycles. The van der Waals surface area contributed by atoms with Crippen LogP contribution in [-0.4, -0.2) is 71.2 Å². The maximum atomic E-state index is 14.7. The molecule has 9 nitrogen and oxygen atoms in total. The molecule has 2 aromatic heterocycles. The molecule has 0 saturated carbocycles. The van der Waals surface area contributed by atoms with Gasteiger partial charge in [0.2, 0.25) is 0 Å². The summed E-state index contributed by atoms with van der Waals surface area (Å²) in [6.07, 6.45) is 0.456. The van der Waals surface area contributed by atoms with E-state index >= 15 is 0 Å². The molecule has 4 heterocycles. The van der Waals surface area contributed by atoms with Gasteiger partial charge in [0.1, 0.15) is 16.9 Å². The Kier molecular flexibility index (Phi) is 6.48. The number of hydrogen-bond donors (Lipinski definition) is 2. The number of ether oxygens (including phenoxy) is 1. The highest BCUT2D eigenvalue weighted by Crippen LogP contribution is 2.22. The number of aromatic amines is 1. The summed E-state index contributed by atoms with van der Waals surface area (Å²) in [5.74, 6) is -0.597. The van der Waals surface area contributed by atoms with E-state index in [1.807, 2.05) is 26.0 Å². The van der Waals surface area contributed by atoms with Gasteiger partial charge in [-0.15, -0.1) is 0 Å². The number of amides is 1. The SMILES string of the molecule is CCc1nc2c(F)cc(CN3CCN(c4ccc(C(=O)NC5COC5)nc4C)CC3)cc2[nH]c1=O. The number of aryl methyl sites for hydroxylation is 2. The van der Waals surface area contributed by atoms with Crippen molar-refractivity contribution in [1.29, 1.82) is 0 Å². The second-order valence-electron chi connectivity index (χ2n) is 9.11. The summed E-state index contributed by atoms with van der Waals surface area (Å²) < 4.78 is 19.8. The lowest BCUT2D eigenvalue weighted by molar-refractivity contribution is -0.00355. The van der Waals surface area contributed by atoms with Crippen molar-refractivity contribution >= 4 is 22.6 Å². The molecular weight excluding hydrogens is 451 g/mol. The zero-order valence-corrected chi connectivity index (χ0v) is 19.9. The van der Waals surface area contributed by atoms with Crippen molar-refractivity contribution < 1.29 is 13.9 Å². The zero-order valence-electron chi connectivity index (χ0n) is 19.9. The fraction of sp³-hybridized carbons (Fsp3) is 0.440. The first-order chi connectivity index (χ1) is 16.9. The quantitative estimate of drug-likeness (QED) is 0.554. The highest BCUT2D eigenvalue weighted by atomic mass is 19.1. The predicted molar refractivity (Wildman–Crippen MR) is 130 cm³/mol. The van der Waals surface area contributed by atoms with E-state index in [1.54, 1.807) is 6.07 Å². The third kappa shape index (κ3) is 4.89. The number of piperazine rings is 1. The van der Waals surface area contributed by atoms with Gasteiger partial charge < -0.3 is 19.9 Å². The molecule has 0 spiro atoms. The second kappa shape index (κ2) is 9.71. The number of H-pyrrole nitrogens is 1. The van der Waals surface area contributed by atoms with E-state index in [0.717, 1.165) is 43.1 Å². The maximum Gasteiger partial charge on any atom is 0.270 e. The molecule has 2 aliphatic rings. The monoisotopic (exact) mass is 480 g/mol. The first kappa shape index (κ1) is 23.4. The van der Waals surface area contributed by atoms with Gasteiger partial charge in [-0.25, -0.2) is 14.4 Å². The Balaban J connectivity index is 1.22. The Labute approximate surface area is 202 Å². The fourth-order valence-corrected chi connectivity index (χ4v) is 4.57. The first-order valence-corrected chi connectivity index (χ1v) is 12.0. The number of aromatic nitrogens is 3. The Hall–Kier alpha value is -3.37. The normalized spacial score (nSPS) is 16.9. The number of carbonyl (C=O) groups excluding carboxylic acids is 1. The van der Waals surface area contributed by atoms with Gasteiger partial charge in [0.05, 0.1) is 36.2 Å². The van der Waals surface area contributed by atoms with Crippen LogP contribution in [0.25, 0.3) is 11.0 Å². The lowest BCUT2D eigenvalue weighted by atomic mass is 10.1. The van der Waals surface area contributed by atoms with E-state index in [4.69, 9.17) is 4.74 Å². The van der Waals surface area contributed by atoms with Crippen LogP contribution >= 0.6 is 0 Å². The van der Waals surface area contributed by atoms with Crippen molar-refractivity contribution in [3.8, 4) is 0 Å². The van der Waals surface area contributed by atoms with Crippen LogP contribution in [0.4, 0.5) is 10.1 Å². The van der Waals surface area contributed by atoms with Gasteiger partial charge in [0.25, 0.3) is 11.5 Å². The lowest BCUT2D eigenvalue weighted by Gasteiger charge is -2.36. The molecule has 5 rings (SSSR count). The van der Waals surface area contributed by atoms with Gasteiger partial charge in [-0.05, 0) is 43.2 Å². The van der Waals surface area contributed by atoms with Crippen molar-refractivity contribution in [3.63, 3.8) is 0 Å². The lowest BCUT2D eigenvalue weighted by Crippen LogP contribution is -2.48. The molecule has 0 bridgehead atoms. The van der Waals surface area contributed by atoms with Gasteiger partial charge in [-0.2, -0.15) is 0 Å². The van der Waals surface area contributed by atoms with Gasteiger partial charge in [-0.3, -0.25) is 14.5 Å². The number of nitrogens with one attached hydrogen (secondary N) is 2. The van der Waals surface area contributed by atoms with Crippen LogP contribution in [0.2, 0.25) is 0 Å². The first-order valence-electron chi connectivity index (χ1n) is 12.0. The molecule has 10 heteroatoms. The Morgan fingerprint density at radius 2 is 1.97 bits per heavy atom. The molecule has 1 amide bonds. The molecule has 2 N–H and O–H groups in total. The highest BCUT2D eigenvalue weighted by Gasteiger charge is 2.23. The predicted octanol–water partition coefficient (Wildman–Crippen LogP) is 1.78. The molecular formula is C25H29FN6O3. The van der Waals surface area contributed by atoms with Gasteiger partial charge in [0, 0.05) is 32.7 Å². The molecule has 2 aliphatic heterocycles. The van der Waals surface area contributed by atoms with Crippen molar-refractivity contribution in [2.75, 3.05) is 44.3 Å². The number of halogens is 1. The van der Waals surface area contributed by atoms with E-state index in [1.165, 1.54) is 6.07 Å². The van der Waals surface area contributed by atoms with Crippen LogP contribution in [0.3, 0.4) is 0 Å². The molecule has 0 aliphatic carbocycles. The number of carbonyl (C=O) groups is 1. The molecule has 0 radical (unpaired) electrons. The minimum absolute atomic E-state index is 0.0683. The number of pyridine rings is 1. The molecule has 35 heavy (non-hydrogen) atoms. The summed E-state index contributed by atoms with van der Waals surface area (Å²) in [5, 5.41) is 2.91. The number of hydrogen-bond acceptors (Lipinski definition) is 7. The zero-order chi connectivity index (χ0) is 24.5. The van der Waals surface area contributed by atoms with E-state index in [-0.39, 0.29) is 23.0 Å². The van der Waals surface area contributed by atoms with Gasteiger partial charge >= 0.3 is 0 Å². The summed E-state index contributed by atoms with van der Waals surface area (Å²) >= 11 is 0. The molecule has 184 valence electrons. The summed E-state index contributed by atoms with van der Waals surface area (Å²) in [6, 6.07) is 7.11. The van der Waals surface area contributed by atoms with E-state index in [9.17, 15) is 14.0 Å². The minimum Gasteiger partial charge on any atom is -0.377 e. The largest absolute Gasteiger partial charge is 0.377 e. The summed E-state index contributed by atoms with van der Waals surface area (Å²) in [7, 11) is 0. The Morgan fingerprint density at radius 3 is 2.63 bits per heavy atom. The minimum atomic E-state index is -0.419. The van der Waals surface area contributed by atoms with Crippen molar-refractivity contribution in [1.82, 2.24) is 25.2 Å². The van der Waals surface area contributed by atoms with Crippen LogP contribution in [-0.2, 0) is 17.7 Å². The Bertz CT molecular complexity index is 1310. The molecule has 0 atom stereocenters. The number of benzene rings is 1. The van der Waals surface area contributed by atoms with E-state index < -0.39 is 5.82 Å². The number of nitrogens with zero attached hydrogens (tertiary/aromatic N) is 4. The average molecular weight is 481 g/mol. The smallest absolute Gasteiger partial charge is 0.270 e. The summed E-state index contributed by atoms with van der Waals surface area (Å²) in [6.45, 7) is 8.61. The van der Waals surface area contributed by atoms with Crippen molar-refractivity contribution in [2.24, 2.45) is 0 Å². The fourth-order valence-electron chi connectivity index (χ4n) is 4.57. The van der Waals surface area contributed by atoms with Crippen molar-refractivity contribution in [2.45, 2.75) is 32.9 Å². The van der Waals surface area contributed by atoms with Crippen LogP contribution in [0.5, 0.6) is 0 Å². The van der Waals surface area contributed by atoms with Crippen LogP contribution in [0.15, 0.2) is 29.1 Å². The average Bonchev–Trinajstić information content (AvgIpc) is 2.81. The van der Waals surface area contributed by atoms with Crippen LogP contribution in [0.1, 0.15) is 34.4 Å². The number of rotatable bonds is 6. The molecule has 2 fully saturated rings. The van der Waals surface area contributed by atoms with Crippen molar-refractivity contribution in [3.05, 3.63) is 63.1 Å². The molecule has 1 aromatic carbocycles. The highest BCUT2D eigenvalue weighted by molar-refractivity contribution is 5.93. The summed E-state index contributed by atoms with van der Waals surface area (Å²) in [4.78, 5) is 40.5. The molecule has 0 unspecified atom stereocenters. The van der Waals surface area contributed by atoms with E-state index in [2.05, 4.69) is 30.1 Å². The van der Waals surface area contributed by atoms with E-state index in [0.29, 0.717) is 43.1 Å². The summed E-state index contributed by atoms with van der Waals surface area (Å²) in [5.41, 5.74) is 3.74. The second-order valence-corrected chi connectivity index (χ2v) is 9.11. The maximum absolute atomic E-state index is 14.7. The Morgan fingerprint density at radius 1 is 1.20 bits per heavy atom. The third-order valence-electron chi connectivity index (χ3n) is 6.60. The number of anilines is 1. The topological polar surface area (TPSA) is 103 Å². The van der Waals surface area contributed by atoms with Gasteiger partial charge in [-0.1, -0.05) is 6.92 Å². The number of fused-ring (bicyclic) bond motifs is 1.